The molecule has 0 amide bonds. The summed E-state index contributed by atoms with van der Waals surface area (Å²) in [6.07, 6.45) is 0. The van der Waals surface area contributed by atoms with E-state index in [1.807, 2.05) is 12.1 Å². The van der Waals surface area contributed by atoms with Gasteiger partial charge in [-0.3, -0.25) is 0 Å². The van der Waals surface area contributed by atoms with E-state index in [1.54, 1.807) is 0 Å². The summed E-state index contributed by atoms with van der Waals surface area (Å²) in [5.41, 5.74) is 6.79. The van der Waals surface area contributed by atoms with Crippen LogP contribution in [0, 0.1) is 0 Å². The number of rotatable bonds is 1. The lowest BCUT2D eigenvalue weighted by molar-refractivity contribution is 0.673. The van der Waals surface area contributed by atoms with E-state index in [0.29, 0.717) is 0 Å². The van der Waals surface area contributed by atoms with Crippen LogP contribution in [0.3, 0.4) is 0 Å². The van der Waals surface area contributed by atoms with Crippen LogP contribution in [0.1, 0.15) is 0 Å². The Morgan fingerprint density at radius 1 is 0.630 bits per heavy atom. The molecule has 27 heavy (non-hydrogen) atoms. The van der Waals surface area contributed by atoms with Crippen LogP contribution in [0.15, 0.2) is 89.3 Å². The highest BCUT2D eigenvalue weighted by Crippen LogP contribution is 2.39. The third-order valence-corrected chi connectivity index (χ3v) is 5.62. The van der Waals surface area contributed by atoms with Crippen molar-refractivity contribution in [2.45, 2.75) is 0 Å². The SMILES string of the molecule is Cn1c2ccc(-c3ccccc3)cc2c2c3oc4ccccc4c3ccc21. The van der Waals surface area contributed by atoms with Crippen LogP contribution in [-0.4, -0.2) is 4.57 Å². The zero-order chi connectivity index (χ0) is 18.0. The first-order valence-electron chi connectivity index (χ1n) is 9.19. The molecular weight excluding hydrogens is 330 g/mol. The molecule has 0 spiro atoms. The van der Waals surface area contributed by atoms with Gasteiger partial charge in [-0.25, -0.2) is 0 Å². The van der Waals surface area contributed by atoms with Crippen LogP contribution in [0.2, 0.25) is 0 Å². The summed E-state index contributed by atoms with van der Waals surface area (Å²) in [4.78, 5) is 0. The Hall–Kier alpha value is -3.52. The third-order valence-electron chi connectivity index (χ3n) is 5.62. The molecule has 0 saturated heterocycles. The van der Waals surface area contributed by atoms with E-state index < -0.39 is 0 Å². The zero-order valence-electron chi connectivity index (χ0n) is 14.9. The lowest BCUT2D eigenvalue weighted by atomic mass is 10.0. The average molecular weight is 347 g/mol. The summed E-state index contributed by atoms with van der Waals surface area (Å²) in [6.45, 7) is 0. The summed E-state index contributed by atoms with van der Waals surface area (Å²) >= 11 is 0. The van der Waals surface area contributed by atoms with Crippen molar-refractivity contribution < 1.29 is 4.42 Å². The van der Waals surface area contributed by atoms with Crippen molar-refractivity contribution in [1.29, 1.82) is 0 Å². The Bertz CT molecular complexity index is 1470. The zero-order valence-corrected chi connectivity index (χ0v) is 14.9. The van der Waals surface area contributed by atoms with Gasteiger partial charge in [0.25, 0.3) is 0 Å². The van der Waals surface area contributed by atoms with Gasteiger partial charge < -0.3 is 8.98 Å². The molecule has 0 atom stereocenters. The summed E-state index contributed by atoms with van der Waals surface area (Å²) in [6, 6.07) is 29.9. The van der Waals surface area contributed by atoms with Gasteiger partial charge in [-0.1, -0.05) is 54.6 Å². The first-order chi connectivity index (χ1) is 13.3. The highest BCUT2D eigenvalue weighted by molar-refractivity contribution is 6.23. The topological polar surface area (TPSA) is 18.1 Å². The maximum atomic E-state index is 6.32. The summed E-state index contributed by atoms with van der Waals surface area (Å²) in [5.74, 6) is 0. The molecule has 0 aliphatic heterocycles. The van der Waals surface area contributed by atoms with Gasteiger partial charge in [-0.15, -0.1) is 0 Å². The Kier molecular flexibility index (Phi) is 2.84. The molecule has 0 aliphatic carbocycles. The Morgan fingerprint density at radius 3 is 2.30 bits per heavy atom. The minimum atomic E-state index is 0.941. The van der Waals surface area contributed by atoms with Crippen LogP contribution in [-0.2, 0) is 7.05 Å². The molecule has 128 valence electrons. The third kappa shape index (κ3) is 1.95. The standard InChI is InChI=1S/C25H17NO/c1-26-21-13-11-17(16-7-3-2-4-8-16)15-20(21)24-22(26)14-12-19-18-9-5-6-10-23(18)27-25(19)24/h2-15H,1H3. The Morgan fingerprint density at radius 2 is 1.41 bits per heavy atom. The maximum Gasteiger partial charge on any atom is 0.145 e. The maximum absolute atomic E-state index is 6.32. The van der Waals surface area contributed by atoms with Crippen molar-refractivity contribution in [2.75, 3.05) is 0 Å². The van der Waals surface area contributed by atoms with E-state index in [1.165, 1.54) is 43.7 Å². The predicted octanol–water partition coefficient (Wildman–Crippen LogP) is 6.90. The second-order valence-corrected chi connectivity index (χ2v) is 7.09. The highest BCUT2D eigenvalue weighted by atomic mass is 16.3. The Labute approximate surface area is 156 Å². The number of fused-ring (bicyclic) bond motifs is 7. The largest absolute Gasteiger partial charge is 0.455 e. The van der Waals surface area contributed by atoms with Crippen molar-refractivity contribution in [3.63, 3.8) is 0 Å². The normalized spacial score (nSPS) is 11.9. The van der Waals surface area contributed by atoms with Crippen molar-refractivity contribution in [3.05, 3.63) is 84.9 Å². The van der Waals surface area contributed by atoms with Gasteiger partial charge in [0, 0.05) is 28.7 Å². The number of furan rings is 1. The van der Waals surface area contributed by atoms with Crippen molar-refractivity contribution in [3.8, 4) is 11.1 Å². The van der Waals surface area contributed by atoms with Crippen molar-refractivity contribution >= 4 is 43.7 Å². The van der Waals surface area contributed by atoms with Gasteiger partial charge in [0.05, 0.1) is 10.9 Å². The van der Waals surface area contributed by atoms with Crippen LogP contribution in [0.5, 0.6) is 0 Å². The number of hydrogen-bond acceptors (Lipinski definition) is 1. The fourth-order valence-corrected chi connectivity index (χ4v) is 4.29. The van der Waals surface area contributed by atoms with Gasteiger partial charge >= 0.3 is 0 Å². The molecule has 0 radical (unpaired) electrons. The molecule has 6 aromatic rings. The van der Waals surface area contributed by atoms with Gasteiger partial charge in [-0.2, -0.15) is 0 Å². The molecule has 2 nitrogen and oxygen atoms in total. The van der Waals surface area contributed by atoms with Crippen LogP contribution < -0.4 is 0 Å². The summed E-state index contributed by atoms with van der Waals surface area (Å²) in [5, 5.41) is 4.78. The van der Waals surface area contributed by atoms with E-state index in [4.69, 9.17) is 4.42 Å². The second-order valence-electron chi connectivity index (χ2n) is 7.09. The highest BCUT2D eigenvalue weighted by Gasteiger charge is 2.16. The molecule has 0 N–H and O–H groups in total. The Balaban J connectivity index is 1.79. The lowest BCUT2D eigenvalue weighted by Gasteiger charge is -2.02. The van der Waals surface area contributed by atoms with Gasteiger partial charge in [0.15, 0.2) is 0 Å². The first kappa shape index (κ1) is 14.6. The van der Waals surface area contributed by atoms with Crippen molar-refractivity contribution in [2.24, 2.45) is 7.05 Å². The number of benzene rings is 4. The fourth-order valence-electron chi connectivity index (χ4n) is 4.29. The monoisotopic (exact) mass is 347 g/mol. The molecular formula is C25H17NO. The minimum absolute atomic E-state index is 0.941. The van der Waals surface area contributed by atoms with E-state index in [0.717, 1.165) is 11.2 Å². The number of aromatic nitrogens is 1. The second kappa shape index (κ2) is 5.24. The van der Waals surface area contributed by atoms with Crippen LogP contribution in [0.4, 0.5) is 0 Å². The van der Waals surface area contributed by atoms with Crippen LogP contribution >= 0.6 is 0 Å². The van der Waals surface area contributed by atoms with E-state index in [-0.39, 0.29) is 0 Å². The molecule has 0 saturated carbocycles. The molecule has 2 heterocycles. The van der Waals surface area contributed by atoms with E-state index >= 15 is 0 Å². The van der Waals surface area contributed by atoms with Crippen LogP contribution in [0.25, 0.3) is 54.9 Å². The lowest BCUT2D eigenvalue weighted by Crippen LogP contribution is -1.86. The quantitative estimate of drug-likeness (QED) is 0.316. The summed E-state index contributed by atoms with van der Waals surface area (Å²) < 4.78 is 8.58. The number of aryl methyl sites for hydroxylation is 1. The first-order valence-corrected chi connectivity index (χ1v) is 9.19. The van der Waals surface area contributed by atoms with Gasteiger partial charge in [0.2, 0.25) is 0 Å². The minimum Gasteiger partial charge on any atom is -0.455 e. The number of para-hydroxylation sites is 1. The number of hydrogen-bond donors (Lipinski definition) is 0. The molecule has 4 aromatic carbocycles. The molecule has 0 unspecified atom stereocenters. The smallest absolute Gasteiger partial charge is 0.145 e. The van der Waals surface area contributed by atoms with Gasteiger partial charge in [0.1, 0.15) is 11.2 Å². The predicted molar refractivity (Wildman–Crippen MR) is 113 cm³/mol. The van der Waals surface area contributed by atoms with Crippen molar-refractivity contribution in [1.82, 2.24) is 4.57 Å². The molecule has 2 heteroatoms. The van der Waals surface area contributed by atoms with Gasteiger partial charge in [-0.05, 0) is 41.5 Å². The fraction of sp³-hybridized carbons (Fsp3) is 0.0400. The number of nitrogens with zero attached hydrogens (tertiary/aromatic N) is 1. The molecule has 6 rings (SSSR count). The van der Waals surface area contributed by atoms with E-state index in [2.05, 4.69) is 84.4 Å². The summed E-state index contributed by atoms with van der Waals surface area (Å²) in [7, 11) is 2.13. The molecule has 0 fully saturated rings. The molecule has 0 bridgehead atoms. The molecule has 0 aliphatic rings. The average Bonchev–Trinajstić information content (AvgIpc) is 3.24. The molecule has 2 aromatic heterocycles. The van der Waals surface area contributed by atoms with E-state index in [9.17, 15) is 0 Å².